The van der Waals surface area contributed by atoms with Gasteiger partial charge < -0.3 is 5.73 Å². The van der Waals surface area contributed by atoms with Crippen molar-refractivity contribution in [3.63, 3.8) is 0 Å². The van der Waals surface area contributed by atoms with Crippen LogP contribution in [-0.4, -0.2) is 9.97 Å². The van der Waals surface area contributed by atoms with Crippen LogP contribution in [0.2, 0.25) is 0 Å². The number of benzene rings is 1. The van der Waals surface area contributed by atoms with E-state index in [4.69, 9.17) is 5.73 Å². The number of halogens is 3. The van der Waals surface area contributed by atoms with Crippen molar-refractivity contribution >= 4 is 16.7 Å². The molecule has 0 aliphatic carbocycles. The van der Waals surface area contributed by atoms with Gasteiger partial charge in [-0.15, -0.1) is 0 Å². The number of nitrogen functional groups attached to an aromatic ring is 1. The van der Waals surface area contributed by atoms with Crippen LogP contribution in [0.25, 0.3) is 22.0 Å². The van der Waals surface area contributed by atoms with Gasteiger partial charge in [-0.25, -0.2) is 18.2 Å². The van der Waals surface area contributed by atoms with Crippen LogP contribution in [0, 0.1) is 17.5 Å². The smallest absolute Gasteiger partial charge is 0.168 e. The third-order valence-electron chi connectivity index (χ3n) is 3.43. The minimum absolute atomic E-state index is 0.0284. The molecule has 3 rings (SSSR count). The van der Waals surface area contributed by atoms with Gasteiger partial charge >= 0.3 is 0 Å². The normalized spacial score (nSPS) is 11.1. The summed E-state index contributed by atoms with van der Waals surface area (Å²) >= 11 is 0. The lowest BCUT2D eigenvalue weighted by Crippen LogP contribution is -2.01. The maximum Gasteiger partial charge on any atom is 0.168 e. The third kappa shape index (κ3) is 2.26. The summed E-state index contributed by atoms with van der Waals surface area (Å²) < 4.78 is 41.5. The van der Waals surface area contributed by atoms with Gasteiger partial charge in [0.2, 0.25) is 0 Å². The van der Waals surface area contributed by atoms with Crippen LogP contribution >= 0.6 is 0 Å². The highest BCUT2D eigenvalue weighted by molar-refractivity contribution is 5.94. The van der Waals surface area contributed by atoms with Crippen molar-refractivity contribution in [2.24, 2.45) is 0 Å². The van der Waals surface area contributed by atoms with Crippen LogP contribution in [-0.2, 0) is 6.42 Å². The number of pyridine rings is 2. The van der Waals surface area contributed by atoms with E-state index in [1.165, 1.54) is 6.07 Å². The molecule has 0 atom stereocenters. The topological polar surface area (TPSA) is 51.8 Å². The van der Waals surface area contributed by atoms with Gasteiger partial charge in [0, 0.05) is 16.5 Å². The number of aromatic nitrogens is 2. The average molecular weight is 303 g/mol. The molecule has 22 heavy (non-hydrogen) atoms. The predicted molar refractivity (Wildman–Crippen MR) is 78.6 cm³/mol. The second-order valence-corrected chi connectivity index (χ2v) is 4.86. The SMILES string of the molecule is CCc1nc(N)ccc1-c1c(F)c(F)cc2cc(F)cnc12. The molecule has 1 aromatic carbocycles. The Bertz CT molecular complexity index is 878. The number of rotatable bonds is 2. The van der Waals surface area contributed by atoms with E-state index in [2.05, 4.69) is 9.97 Å². The fraction of sp³-hybridized carbons (Fsp3) is 0.125. The molecule has 6 heteroatoms. The van der Waals surface area contributed by atoms with Crippen molar-refractivity contribution < 1.29 is 13.2 Å². The van der Waals surface area contributed by atoms with Crippen molar-refractivity contribution in [1.29, 1.82) is 0 Å². The molecule has 0 aliphatic rings. The first-order valence-electron chi connectivity index (χ1n) is 6.70. The van der Waals surface area contributed by atoms with E-state index in [1.807, 2.05) is 6.92 Å². The zero-order chi connectivity index (χ0) is 15.9. The van der Waals surface area contributed by atoms with Crippen molar-refractivity contribution in [3.05, 3.63) is 53.6 Å². The molecular weight excluding hydrogens is 291 g/mol. The van der Waals surface area contributed by atoms with Crippen molar-refractivity contribution in [1.82, 2.24) is 9.97 Å². The number of nitrogens with two attached hydrogens (primary N) is 1. The van der Waals surface area contributed by atoms with E-state index in [0.29, 0.717) is 23.5 Å². The van der Waals surface area contributed by atoms with Crippen molar-refractivity contribution in [3.8, 4) is 11.1 Å². The number of nitrogens with zero attached hydrogens (tertiary/aromatic N) is 2. The maximum atomic E-state index is 14.4. The Morgan fingerprint density at radius 1 is 1.14 bits per heavy atom. The maximum absolute atomic E-state index is 14.4. The molecule has 2 N–H and O–H groups in total. The molecule has 0 saturated heterocycles. The van der Waals surface area contributed by atoms with Crippen LogP contribution in [0.1, 0.15) is 12.6 Å². The molecule has 3 aromatic rings. The summed E-state index contributed by atoms with van der Waals surface area (Å²) in [5, 5.41) is 0.188. The molecule has 0 saturated carbocycles. The molecule has 0 fully saturated rings. The lowest BCUT2D eigenvalue weighted by Gasteiger charge is -2.12. The largest absolute Gasteiger partial charge is 0.384 e. The fourth-order valence-electron chi connectivity index (χ4n) is 2.46. The molecule has 2 heterocycles. The second-order valence-electron chi connectivity index (χ2n) is 4.86. The predicted octanol–water partition coefficient (Wildman–Crippen LogP) is 3.86. The van der Waals surface area contributed by atoms with Gasteiger partial charge in [0.1, 0.15) is 11.6 Å². The molecule has 112 valence electrons. The molecule has 0 aliphatic heterocycles. The molecule has 3 nitrogen and oxygen atoms in total. The van der Waals surface area contributed by atoms with E-state index in [-0.39, 0.29) is 16.5 Å². The Balaban J connectivity index is 2.42. The highest BCUT2D eigenvalue weighted by Gasteiger charge is 2.19. The molecule has 0 spiro atoms. The summed E-state index contributed by atoms with van der Waals surface area (Å²) in [5.41, 5.74) is 6.72. The summed E-state index contributed by atoms with van der Waals surface area (Å²) in [7, 11) is 0. The Morgan fingerprint density at radius 3 is 2.64 bits per heavy atom. The first-order valence-corrected chi connectivity index (χ1v) is 6.70. The van der Waals surface area contributed by atoms with E-state index in [1.54, 1.807) is 6.07 Å². The Morgan fingerprint density at radius 2 is 1.91 bits per heavy atom. The molecular formula is C16H12F3N3. The van der Waals surface area contributed by atoms with Gasteiger partial charge in [-0.05, 0) is 30.7 Å². The monoisotopic (exact) mass is 303 g/mol. The second kappa shape index (κ2) is 5.29. The van der Waals surface area contributed by atoms with Gasteiger partial charge in [-0.2, -0.15) is 0 Å². The average Bonchev–Trinajstić information content (AvgIpc) is 2.49. The number of anilines is 1. The van der Waals surface area contributed by atoms with Crippen LogP contribution in [0.3, 0.4) is 0 Å². The van der Waals surface area contributed by atoms with Gasteiger partial charge in [-0.3, -0.25) is 4.98 Å². The standard InChI is InChI=1S/C16H12F3N3/c1-2-12-10(3-4-13(20)22-12)14-15(19)11(18)6-8-5-9(17)7-21-16(8)14/h3-7H,2H2,1H3,(H2,20,22). The zero-order valence-corrected chi connectivity index (χ0v) is 11.7. The third-order valence-corrected chi connectivity index (χ3v) is 3.43. The van der Waals surface area contributed by atoms with Crippen LogP contribution < -0.4 is 5.73 Å². The summed E-state index contributed by atoms with van der Waals surface area (Å²) in [6.07, 6.45) is 1.46. The molecule has 0 unspecified atom stereocenters. The quantitative estimate of drug-likeness (QED) is 0.782. The van der Waals surface area contributed by atoms with Crippen LogP contribution in [0.15, 0.2) is 30.5 Å². The van der Waals surface area contributed by atoms with Crippen LogP contribution in [0.4, 0.5) is 19.0 Å². The highest BCUT2D eigenvalue weighted by Crippen LogP contribution is 2.34. The summed E-state index contributed by atoms with van der Waals surface area (Å²) in [6.45, 7) is 1.83. The van der Waals surface area contributed by atoms with Crippen molar-refractivity contribution in [2.75, 3.05) is 5.73 Å². The van der Waals surface area contributed by atoms with Gasteiger partial charge in [0.15, 0.2) is 11.6 Å². The molecule has 0 bridgehead atoms. The summed E-state index contributed by atoms with van der Waals surface area (Å²) in [5.74, 6) is -2.42. The number of fused-ring (bicyclic) bond motifs is 1. The minimum atomic E-state index is -1.06. The molecule has 0 radical (unpaired) electrons. The summed E-state index contributed by atoms with van der Waals surface area (Å²) in [4.78, 5) is 8.07. The Hall–Kier alpha value is -2.63. The Kier molecular flexibility index (Phi) is 3.44. The van der Waals surface area contributed by atoms with Gasteiger partial charge in [0.25, 0.3) is 0 Å². The first kappa shape index (κ1) is 14.3. The van der Waals surface area contributed by atoms with Crippen molar-refractivity contribution in [2.45, 2.75) is 13.3 Å². The molecule has 2 aromatic heterocycles. The lowest BCUT2D eigenvalue weighted by molar-refractivity contribution is 0.513. The van der Waals surface area contributed by atoms with Crippen LogP contribution in [0.5, 0.6) is 0 Å². The lowest BCUT2D eigenvalue weighted by atomic mass is 9.98. The van der Waals surface area contributed by atoms with E-state index in [0.717, 1.165) is 18.3 Å². The highest BCUT2D eigenvalue weighted by atomic mass is 19.2. The summed E-state index contributed by atoms with van der Waals surface area (Å²) in [6, 6.07) is 5.13. The van der Waals surface area contributed by atoms with E-state index >= 15 is 0 Å². The first-order chi connectivity index (χ1) is 10.5. The fourth-order valence-corrected chi connectivity index (χ4v) is 2.46. The Labute approximate surface area is 124 Å². The number of hydrogen-bond acceptors (Lipinski definition) is 3. The number of aryl methyl sites for hydroxylation is 1. The van der Waals surface area contributed by atoms with E-state index in [9.17, 15) is 13.2 Å². The van der Waals surface area contributed by atoms with E-state index < -0.39 is 17.5 Å². The van der Waals surface area contributed by atoms with Gasteiger partial charge in [-0.1, -0.05) is 6.92 Å². The van der Waals surface area contributed by atoms with Gasteiger partial charge in [0.05, 0.1) is 17.4 Å². The number of hydrogen-bond donors (Lipinski definition) is 1. The minimum Gasteiger partial charge on any atom is -0.384 e. The molecule has 0 amide bonds. The zero-order valence-electron chi connectivity index (χ0n) is 11.7.